The van der Waals surface area contributed by atoms with E-state index in [1.54, 1.807) is 18.2 Å². The number of hydrogen-bond donors (Lipinski definition) is 0. The molecule has 0 radical (unpaired) electrons. The lowest BCUT2D eigenvalue weighted by Gasteiger charge is -2.17. The van der Waals surface area contributed by atoms with Crippen molar-refractivity contribution < 1.29 is 24.0 Å². The molecule has 0 aliphatic carbocycles. The van der Waals surface area contributed by atoms with Crippen LogP contribution in [0.15, 0.2) is 41.3 Å². The van der Waals surface area contributed by atoms with Crippen molar-refractivity contribution in [3.63, 3.8) is 0 Å². The van der Waals surface area contributed by atoms with E-state index in [-0.39, 0.29) is 23.2 Å². The van der Waals surface area contributed by atoms with Gasteiger partial charge in [0.05, 0.1) is 34.6 Å². The van der Waals surface area contributed by atoms with E-state index in [4.69, 9.17) is 21.1 Å². The first-order valence-corrected chi connectivity index (χ1v) is 11.0. The van der Waals surface area contributed by atoms with Gasteiger partial charge in [-0.05, 0) is 54.4 Å². The summed E-state index contributed by atoms with van der Waals surface area (Å²) >= 11 is 7.20. The molecular formula is C22H21ClN2O6S. The number of nitro groups is 1. The summed E-state index contributed by atoms with van der Waals surface area (Å²) in [4.78, 5) is 36.8. The third kappa shape index (κ3) is 5.23. The molecule has 0 spiro atoms. The van der Waals surface area contributed by atoms with Crippen LogP contribution in [-0.2, 0) is 11.3 Å². The van der Waals surface area contributed by atoms with Crippen molar-refractivity contribution in [3.8, 4) is 11.5 Å². The van der Waals surface area contributed by atoms with Crippen LogP contribution in [0.3, 0.4) is 0 Å². The molecule has 10 heteroatoms. The number of benzene rings is 2. The number of methoxy groups -OCH3 is 1. The zero-order valence-corrected chi connectivity index (χ0v) is 19.2. The minimum atomic E-state index is -0.509. The molecule has 0 bridgehead atoms. The first-order valence-electron chi connectivity index (χ1n) is 9.76. The van der Waals surface area contributed by atoms with E-state index in [0.29, 0.717) is 27.6 Å². The van der Waals surface area contributed by atoms with E-state index in [2.05, 4.69) is 0 Å². The van der Waals surface area contributed by atoms with Crippen LogP contribution in [0.2, 0.25) is 5.02 Å². The Morgan fingerprint density at radius 1 is 1.25 bits per heavy atom. The molecule has 0 unspecified atom stereocenters. The standard InChI is InChI=1S/C22H21ClN2O6S/c1-4-13(2)31-20-17(23)9-15(10-18(20)30-3)11-19-21(26)24(22(27)32-19)12-14-5-7-16(8-6-14)25(28)29/h5-11,13H,4,12H2,1-3H3/b19-11-/t13-/m1/s1. The van der Waals surface area contributed by atoms with E-state index in [0.717, 1.165) is 23.1 Å². The topological polar surface area (TPSA) is 99.0 Å². The second-order valence-corrected chi connectivity index (χ2v) is 8.46. The van der Waals surface area contributed by atoms with Crippen LogP contribution in [-0.4, -0.2) is 34.2 Å². The van der Waals surface area contributed by atoms with Gasteiger partial charge in [0.1, 0.15) is 0 Å². The average Bonchev–Trinajstić information content (AvgIpc) is 3.02. The van der Waals surface area contributed by atoms with Crippen molar-refractivity contribution >= 4 is 46.3 Å². The third-order valence-electron chi connectivity index (χ3n) is 4.80. The number of non-ortho nitro benzene ring substituents is 1. The molecule has 2 amide bonds. The lowest BCUT2D eigenvalue weighted by atomic mass is 10.1. The zero-order chi connectivity index (χ0) is 23.4. The van der Waals surface area contributed by atoms with Crippen LogP contribution < -0.4 is 9.47 Å². The Bertz CT molecular complexity index is 1090. The molecule has 1 saturated heterocycles. The number of rotatable bonds is 8. The molecule has 1 fully saturated rings. The lowest BCUT2D eigenvalue weighted by molar-refractivity contribution is -0.384. The summed E-state index contributed by atoms with van der Waals surface area (Å²) in [6, 6.07) is 9.04. The summed E-state index contributed by atoms with van der Waals surface area (Å²) in [6.45, 7) is 3.93. The van der Waals surface area contributed by atoms with Gasteiger partial charge in [0, 0.05) is 12.1 Å². The largest absolute Gasteiger partial charge is 0.493 e. The van der Waals surface area contributed by atoms with Crippen LogP contribution in [0, 0.1) is 10.1 Å². The summed E-state index contributed by atoms with van der Waals surface area (Å²) in [5, 5.41) is 10.7. The molecule has 32 heavy (non-hydrogen) atoms. The van der Waals surface area contributed by atoms with E-state index >= 15 is 0 Å². The Kier molecular flexibility index (Phi) is 7.42. The maximum Gasteiger partial charge on any atom is 0.293 e. The summed E-state index contributed by atoms with van der Waals surface area (Å²) in [5.74, 6) is 0.398. The normalized spacial score (nSPS) is 15.9. The van der Waals surface area contributed by atoms with Gasteiger partial charge in [0.15, 0.2) is 11.5 Å². The Balaban J connectivity index is 1.82. The Labute approximate surface area is 194 Å². The number of thioether (sulfide) groups is 1. The van der Waals surface area contributed by atoms with Crippen LogP contribution in [0.25, 0.3) is 6.08 Å². The van der Waals surface area contributed by atoms with E-state index in [1.807, 2.05) is 13.8 Å². The maximum absolute atomic E-state index is 12.8. The first-order chi connectivity index (χ1) is 15.2. The summed E-state index contributed by atoms with van der Waals surface area (Å²) in [5.41, 5.74) is 1.13. The van der Waals surface area contributed by atoms with E-state index in [9.17, 15) is 19.7 Å². The number of carbonyl (C=O) groups excluding carboxylic acids is 2. The number of amides is 2. The van der Waals surface area contributed by atoms with Crippen molar-refractivity contribution in [2.75, 3.05) is 7.11 Å². The molecular weight excluding hydrogens is 456 g/mol. The highest BCUT2D eigenvalue weighted by atomic mass is 35.5. The number of nitrogens with zero attached hydrogens (tertiary/aromatic N) is 2. The van der Waals surface area contributed by atoms with Gasteiger partial charge in [-0.15, -0.1) is 0 Å². The number of ether oxygens (including phenoxy) is 2. The fourth-order valence-corrected chi connectivity index (χ4v) is 4.02. The second kappa shape index (κ2) is 10.1. The smallest absolute Gasteiger partial charge is 0.293 e. The fraction of sp³-hybridized carbons (Fsp3) is 0.273. The number of halogens is 1. The summed E-state index contributed by atoms with van der Waals surface area (Å²) in [7, 11) is 1.50. The molecule has 1 atom stereocenters. The predicted molar refractivity (Wildman–Crippen MR) is 123 cm³/mol. The van der Waals surface area contributed by atoms with E-state index in [1.165, 1.54) is 31.4 Å². The predicted octanol–water partition coefficient (Wildman–Crippen LogP) is 5.67. The summed E-state index contributed by atoms with van der Waals surface area (Å²) < 4.78 is 11.2. The number of imide groups is 1. The van der Waals surface area contributed by atoms with Gasteiger partial charge in [-0.1, -0.05) is 30.7 Å². The van der Waals surface area contributed by atoms with Crippen LogP contribution in [0.1, 0.15) is 31.4 Å². The first kappa shape index (κ1) is 23.6. The summed E-state index contributed by atoms with van der Waals surface area (Å²) in [6.07, 6.45) is 2.31. The van der Waals surface area contributed by atoms with Crippen LogP contribution >= 0.6 is 23.4 Å². The van der Waals surface area contributed by atoms with Crippen molar-refractivity contribution in [1.29, 1.82) is 0 Å². The number of hydrogen-bond acceptors (Lipinski definition) is 7. The molecule has 168 valence electrons. The van der Waals surface area contributed by atoms with Gasteiger partial charge in [0.25, 0.3) is 16.8 Å². The third-order valence-corrected chi connectivity index (χ3v) is 5.99. The molecule has 1 aliphatic rings. The Hall–Kier alpha value is -3.04. The van der Waals surface area contributed by atoms with Crippen LogP contribution in [0.4, 0.5) is 10.5 Å². The molecule has 3 rings (SSSR count). The Morgan fingerprint density at radius 3 is 2.53 bits per heavy atom. The molecule has 0 saturated carbocycles. The van der Waals surface area contributed by atoms with Crippen molar-refractivity contribution in [1.82, 2.24) is 4.90 Å². The molecule has 0 N–H and O–H groups in total. The minimum Gasteiger partial charge on any atom is -0.493 e. The SMILES string of the molecule is CC[C@@H](C)Oc1c(Cl)cc(/C=C2\SC(=O)N(Cc3ccc([N+](=O)[O-])cc3)C2=O)cc1OC. The number of nitro benzene ring substituents is 1. The monoisotopic (exact) mass is 476 g/mol. The molecule has 1 heterocycles. The van der Waals surface area contributed by atoms with Gasteiger partial charge in [-0.2, -0.15) is 0 Å². The van der Waals surface area contributed by atoms with Gasteiger partial charge in [0.2, 0.25) is 0 Å². The average molecular weight is 477 g/mol. The van der Waals surface area contributed by atoms with Gasteiger partial charge >= 0.3 is 0 Å². The van der Waals surface area contributed by atoms with Gasteiger partial charge in [-0.3, -0.25) is 24.6 Å². The second-order valence-electron chi connectivity index (χ2n) is 7.06. The number of carbonyl (C=O) groups is 2. The van der Waals surface area contributed by atoms with E-state index < -0.39 is 16.1 Å². The minimum absolute atomic E-state index is 0.0196. The molecule has 0 aromatic heterocycles. The quantitative estimate of drug-likeness (QED) is 0.275. The van der Waals surface area contributed by atoms with Crippen LogP contribution in [0.5, 0.6) is 11.5 Å². The van der Waals surface area contributed by atoms with Crippen molar-refractivity contribution in [2.45, 2.75) is 32.9 Å². The van der Waals surface area contributed by atoms with Crippen molar-refractivity contribution in [2.24, 2.45) is 0 Å². The zero-order valence-electron chi connectivity index (χ0n) is 17.7. The highest BCUT2D eigenvalue weighted by molar-refractivity contribution is 8.18. The van der Waals surface area contributed by atoms with Gasteiger partial charge < -0.3 is 9.47 Å². The fourth-order valence-electron chi connectivity index (χ4n) is 2.92. The van der Waals surface area contributed by atoms with Crippen molar-refractivity contribution in [3.05, 3.63) is 67.6 Å². The maximum atomic E-state index is 12.8. The Morgan fingerprint density at radius 2 is 1.94 bits per heavy atom. The lowest BCUT2D eigenvalue weighted by Crippen LogP contribution is -2.27. The molecule has 1 aliphatic heterocycles. The molecule has 2 aromatic rings. The highest BCUT2D eigenvalue weighted by Crippen LogP contribution is 2.39. The van der Waals surface area contributed by atoms with Gasteiger partial charge in [-0.25, -0.2) is 0 Å². The molecule has 8 nitrogen and oxygen atoms in total. The highest BCUT2D eigenvalue weighted by Gasteiger charge is 2.35. The molecule has 2 aromatic carbocycles.